The highest BCUT2D eigenvalue weighted by atomic mass is 79.9. The number of nitrogen functional groups attached to an aromatic ring is 1. The molecule has 0 amide bonds. The summed E-state index contributed by atoms with van der Waals surface area (Å²) >= 11 is 3.20. The molecule has 0 heterocycles. The smallest absolute Gasteiger partial charge is 0.138 e. The number of nitrogens with two attached hydrogens (primary N) is 1. The van der Waals surface area contributed by atoms with Crippen molar-refractivity contribution in [1.82, 2.24) is 0 Å². The lowest BCUT2D eigenvalue weighted by Gasteiger charge is -2.11. The van der Waals surface area contributed by atoms with Gasteiger partial charge >= 0.3 is 0 Å². The van der Waals surface area contributed by atoms with Crippen LogP contribution in [0.2, 0.25) is 0 Å². The molecule has 2 aromatic rings. The Kier molecular flexibility index (Phi) is 3.85. The maximum Gasteiger partial charge on any atom is 0.138 e. The van der Waals surface area contributed by atoms with Crippen LogP contribution in [0.1, 0.15) is 11.1 Å². The normalized spacial score (nSPS) is 10.3. The number of hydrogen-bond acceptors (Lipinski definition) is 2. The minimum atomic E-state index is -0.401. The summed E-state index contributed by atoms with van der Waals surface area (Å²) < 4.78 is 19.5. The number of aryl methyl sites for hydroxylation is 1. The first-order valence-electron chi connectivity index (χ1n) is 5.54. The Morgan fingerprint density at radius 2 is 2.00 bits per heavy atom. The standard InChI is InChI=1S/C14H12BrFN2O/c1-8-2-3-12(14(17)18)13(4-8)19-11-6-9(15)5-10(16)7-11/h2-7H,1H3,(H3,17,18). The van der Waals surface area contributed by atoms with Crippen molar-refractivity contribution in [3.05, 3.63) is 57.8 Å². The van der Waals surface area contributed by atoms with Gasteiger partial charge in [-0.25, -0.2) is 4.39 Å². The maximum atomic E-state index is 13.3. The zero-order chi connectivity index (χ0) is 14.0. The van der Waals surface area contributed by atoms with Crippen LogP contribution in [0.5, 0.6) is 11.5 Å². The van der Waals surface area contributed by atoms with Crippen LogP contribution >= 0.6 is 15.9 Å². The van der Waals surface area contributed by atoms with Crippen molar-refractivity contribution in [3.63, 3.8) is 0 Å². The van der Waals surface area contributed by atoms with E-state index in [2.05, 4.69) is 15.9 Å². The van der Waals surface area contributed by atoms with Gasteiger partial charge in [-0.05, 0) is 36.8 Å². The molecule has 0 aliphatic heterocycles. The average molecular weight is 323 g/mol. The molecule has 19 heavy (non-hydrogen) atoms. The molecule has 98 valence electrons. The summed E-state index contributed by atoms with van der Waals surface area (Å²) in [6.07, 6.45) is 0. The van der Waals surface area contributed by atoms with Crippen LogP contribution in [0.4, 0.5) is 4.39 Å². The number of benzene rings is 2. The SMILES string of the molecule is Cc1ccc(C(=N)N)c(Oc2cc(F)cc(Br)c2)c1. The van der Waals surface area contributed by atoms with Crippen LogP contribution in [-0.2, 0) is 0 Å². The summed E-state index contributed by atoms with van der Waals surface area (Å²) in [6.45, 7) is 1.90. The second kappa shape index (κ2) is 5.40. The fourth-order valence-electron chi connectivity index (χ4n) is 1.65. The zero-order valence-corrected chi connectivity index (χ0v) is 11.8. The van der Waals surface area contributed by atoms with E-state index in [1.165, 1.54) is 12.1 Å². The molecular formula is C14H12BrFN2O. The molecule has 2 rings (SSSR count). The molecule has 0 unspecified atom stereocenters. The van der Waals surface area contributed by atoms with Gasteiger partial charge in [-0.2, -0.15) is 0 Å². The quantitative estimate of drug-likeness (QED) is 0.663. The highest BCUT2D eigenvalue weighted by Gasteiger charge is 2.09. The summed E-state index contributed by atoms with van der Waals surface area (Å²) in [6, 6.07) is 9.57. The van der Waals surface area contributed by atoms with E-state index in [0.717, 1.165) is 5.56 Å². The molecule has 5 heteroatoms. The minimum Gasteiger partial charge on any atom is -0.456 e. The Morgan fingerprint density at radius 3 is 2.63 bits per heavy atom. The fraction of sp³-hybridized carbons (Fsp3) is 0.0714. The highest BCUT2D eigenvalue weighted by molar-refractivity contribution is 9.10. The lowest BCUT2D eigenvalue weighted by atomic mass is 10.1. The van der Waals surface area contributed by atoms with Crippen LogP contribution < -0.4 is 10.5 Å². The van der Waals surface area contributed by atoms with Crippen molar-refractivity contribution >= 4 is 21.8 Å². The Labute approximate surface area is 118 Å². The molecule has 0 aliphatic carbocycles. The van der Waals surface area contributed by atoms with Gasteiger partial charge < -0.3 is 10.5 Å². The highest BCUT2D eigenvalue weighted by Crippen LogP contribution is 2.29. The Balaban J connectivity index is 2.42. The van der Waals surface area contributed by atoms with Crippen LogP contribution in [0, 0.1) is 18.2 Å². The first kappa shape index (κ1) is 13.5. The number of hydrogen-bond donors (Lipinski definition) is 2. The van der Waals surface area contributed by atoms with Crippen molar-refractivity contribution in [2.24, 2.45) is 5.73 Å². The van der Waals surface area contributed by atoms with E-state index in [9.17, 15) is 4.39 Å². The molecule has 0 saturated carbocycles. The van der Waals surface area contributed by atoms with Gasteiger partial charge in [0.05, 0.1) is 5.56 Å². The molecule has 0 bridgehead atoms. The second-order valence-corrected chi connectivity index (χ2v) is 5.04. The number of amidine groups is 1. The van der Waals surface area contributed by atoms with E-state index in [-0.39, 0.29) is 5.84 Å². The summed E-state index contributed by atoms with van der Waals surface area (Å²) in [5.41, 5.74) is 6.94. The van der Waals surface area contributed by atoms with Crippen LogP contribution in [0.25, 0.3) is 0 Å². The average Bonchev–Trinajstić information content (AvgIpc) is 2.26. The van der Waals surface area contributed by atoms with E-state index in [1.807, 2.05) is 13.0 Å². The number of ether oxygens (including phenoxy) is 1. The molecule has 0 radical (unpaired) electrons. The molecule has 3 N–H and O–H groups in total. The Morgan fingerprint density at radius 1 is 1.26 bits per heavy atom. The summed E-state index contributed by atoms with van der Waals surface area (Å²) in [5, 5.41) is 7.51. The molecule has 0 fully saturated rings. The summed E-state index contributed by atoms with van der Waals surface area (Å²) in [7, 11) is 0. The van der Waals surface area contributed by atoms with Gasteiger partial charge in [-0.1, -0.05) is 22.0 Å². The third kappa shape index (κ3) is 3.32. The third-order valence-corrected chi connectivity index (χ3v) is 2.95. The first-order valence-corrected chi connectivity index (χ1v) is 6.34. The van der Waals surface area contributed by atoms with Crippen LogP contribution in [0.15, 0.2) is 40.9 Å². The van der Waals surface area contributed by atoms with Gasteiger partial charge in [0.25, 0.3) is 0 Å². The van der Waals surface area contributed by atoms with Gasteiger partial charge in [0.15, 0.2) is 0 Å². The first-order chi connectivity index (χ1) is 8.95. The lowest BCUT2D eigenvalue weighted by Crippen LogP contribution is -2.12. The zero-order valence-electron chi connectivity index (χ0n) is 10.2. The van der Waals surface area contributed by atoms with Gasteiger partial charge in [0.1, 0.15) is 23.2 Å². The van der Waals surface area contributed by atoms with Crippen LogP contribution in [0.3, 0.4) is 0 Å². The third-order valence-electron chi connectivity index (χ3n) is 2.49. The van der Waals surface area contributed by atoms with E-state index in [1.54, 1.807) is 18.2 Å². The largest absolute Gasteiger partial charge is 0.456 e. The molecule has 3 nitrogen and oxygen atoms in total. The van der Waals surface area contributed by atoms with Crippen molar-refractivity contribution in [3.8, 4) is 11.5 Å². The van der Waals surface area contributed by atoms with Crippen molar-refractivity contribution < 1.29 is 9.13 Å². The Bertz CT molecular complexity index is 623. The van der Waals surface area contributed by atoms with Gasteiger partial charge in [0.2, 0.25) is 0 Å². The van der Waals surface area contributed by atoms with Crippen LogP contribution in [-0.4, -0.2) is 5.84 Å². The molecule has 0 aliphatic rings. The Hall–Kier alpha value is -1.88. The lowest BCUT2D eigenvalue weighted by molar-refractivity contribution is 0.475. The summed E-state index contributed by atoms with van der Waals surface area (Å²) in [4.78, 5) is 0. The molecule has 2 aromatic carbocycles. The monoisotopic (exact) mass is 322 g/mol. The van der Waals surface area contributed by atoms with Crippen molar-refractivity contribution in [2.75, 3.05) is 0 Å². The maximum absolute atomic E-state index is 13.3. The predicted octanol–water partition coefficient (Wildman–Crippen LogP) is 3.97. The number of nitrogens with one attached hydrogen (secondary N) is 1. The molecule has 0 saturated heterocycles. The van der Waals surface area contributed by atoms with E-state index in [0.29, 0.717) is 21.5 Å². The van der Waals surface area contributed by atoms with Gasteiger partial charge in [-0.3, -0.25) is 5.41 Å². The van der Waals surface area contributed by atoms with E-state index in [4.69, 9.17) is 15.9 Å². The molecule has 0 spiro atoms. The fourth-order valence-corrected chi connectivity index (χ4v) is 2.10. The molecule has 0 aromatic heterocycles. The number of halogens is 2. The molecular weight excluding hydrogens is 311 g/mol. The van der Waals surface area contributed by atoms with Gasteiger partial charge in [-0.15, -0.1) is 0 Å². The van der Waals surface area contributed by atoms with Crippen molar-refractivity contribution in [1.29, 1.82) is 5.41 Å². The number of rotatable bonds is 3. The minimum absolute atomic E-state index is 0.0922. The predicted molar refractivity (Wildman–Crippen MR) is 76.4 cm³/mol. The topological polar surface area (TPSA) is 59.1 Å². The van der Waals surface area contributed by atoms with Gasteiger partial charge in [0, 0.05) is 10.5 Å². The van der Waals surface area contributed by atoms with E-state index < -0.39 is 5.82 Å². The van der Waals surface area contributed by atoms with Crippen molar-refractivity contribution in [2.45, 2.75) is 6.92 Å². The summed E-state index contributed by atoms with van der Waals surface area (Å²) in [5.74, 6) is 0.289. The molecule has 0 atom stereocenters. The second-order valence-electron chi connectivity index (χ2n) is 4.12. The van der Waals surface area contributed by atoms with E-state index >= 15 is 0 Å².